The third kappa shape index (κ3) is 12.1. The summed E-state index contributed by atoms with van der Waals surface area (Å²) in [5.74, 6) is -0.427. The second kappa shape index (κ2) is 23.2. The van der Waals surface area contributed by atoms with Crippen molar-refractivity contribution >= 4 is 24.4 Å². The summed E-state index contributed by atoms with van der Waals surface area (Å²) in [4.78, 5) is 29.7. The van der Waals surface area contributed by atoms with Gasteiger partial charge < -0.3 is 105 Å². The van der Waals surface area contributed by atoms with Crippen molar-refractivity contribution in [3.8, 4) is 0 Å². The van der Waals surface area contributed by atoms with E-state index >= 15 is 0 Å². The number of aliphatic hydroxyl groups is 12. The first-order valence-corrected chi connectivity index (χ1v) is 19.6. The van der Waals surface area contributed by atoms with Crippen molar-refractivity contribution in [3.05, 3.63) is 0 Å². The lowest BCUT2D eigenvalue weighted by atomic mass is 9.94. The van der Waals surface area contributed by atoms with E-state index in [0.29, 0.717) is 12.2 Å². The highest BCUT2D eigenvalue weighted by atomic mass is 32.1. The van der Waals surface area contributed by atoms with Crippen LogP contribution in [0.15, 0.2) is 0 Å². The fourth-order valence-electron chi connectivity index (χ4n) is 7.03. The predicted molar refractivity (Wildman–Crippen MR) is 193 cm³/mol. The summed E-state index contributed by atoms with van der Waals surface area (Å²) in [7, 11) is 1.37. The normalized spacial score (nSPS) is 43.1. The van der Waals surface area contributed by atoms with Crippen LogP contribution in [0.5, 0.6) is 0 Å². The molecule has 25 nitrogen and oxygen atoms in total. The molecule has 4 fully saturated rings. The second-order valence-electron chi connectivity index (χ2n) is 14.4. The van der Waals surface area contributed by atoms with Gasteiger partial charge in [-0.15, -0.1) is 0 Å². The molecule has 0 spiro atoms. The van der Waals surface area contributed by atoms with Crippen LogP contribution in [0, 0.1) is 0 Å². The number of carbonyl (C=O) groups is 2. The van der Waals surface area contributed by atoms with Gasteiger partial charge in [0, 0.05) is 26.9 Å². The minimum absolute atomic E-state index is 0.0497. The molecule has 20 atom stereocenters. The molecule has 0 aliphatic carbocycles. The van der Waals surface area contributed by atoms with Crippen LogP contribution in [0.3, 0.4) is 0 Å². The second-order valence-corrected chi connectivity index (χ2v) is 14.9. The molecule has 0 bridgehead atoms. The number of hydrogen-bond acceptors (Lipinski definition) is 24. The molecule has 0 aromatic carbocycles. The largest absolute Gasteiger partial charge is 0.394 e. The lowest BCUT2D eigenvalue weighted by molar-refractivity contribution is -0.382. The molecule has 0 aromatic rings. The summed E-state index contributed by atoms with van der Waals surface area (Å²) >= 11 is 4.06. The van der Waals surface area contributed by atoms with Crippen molar-refractivity contribution in [3.63, 3.8) is 0 Å². The third-order valence-corrected chi connectivity index (χ3v) is 10.6. The molecule has 4 aliphatic rings. The lowest BCUT2D eigenvalue weighted by Gasteiger charge is -2.50. The Bertz CT molecular complexity index is 1300. The molecule has 344 valence electrons. The van der Waals surface area contributed by atoms with Crippen molar-refractivity contribution in [2.24, 2.45) is 0 Å². The zero-order chi connectivity index (χ0) is 43.7. The quantitative estimate of drug-likeness (QED) is 0.0325. The van der Waals surface area contributed by atoms with Crippen LogP contribution in [0.25, 0.3) is 0 Å². The number of thiol groups is 1. The molecule has 4 saturated heterocycles. The van der Waals surface area contributed by atoms with E-state index in [9.17, 15) is 70.9 Å². The van der Waals surface area contributed by atoms with Crippen LogP contribution in [0.4, 0.5) is 0 Å². The Kier molecular flexibility index (Phi) is 19.7. The molecule has 0 aromatic heterocycles. The Hall–Kier alpha value is -1.55. The maximum Gasteiger partial charge on any atom is 0.220 e. The minimum atomic E-state index is -2.05. The molecular formula is C33H59N3O22S. The van der Waals surface area contributed by atoms with Crippen LogP contribution in [-0.4, -0.2) is 253 Å². The Balaban J connectivity index is 1.46. The van der Waals surface area contributed by atoms with Gasteiger partial charge >= 0.3 is 0 Å². The highest BCUT2D eigenvalue weighted by molar-refractivity contribution is 7.80. The summed E-state index contributed by atoms with van der Waals surface area (Å²) in [6.07, 6.45) is -32.1. The topological polar surface area (TPSA) is 378 Å². The number of hydroxylamine groups is 2. The molecular weight excluding hydrogens is 822 g/mol. The fraction of sp³-hybridized carbons (Fsp3) is 0.939. The van der Waals surface area contributed by atoms with Gasteiger partial charge in [0.15, 0.2) is 25.1 Å². The van der Waals surface area contributed by atoms with E-state index in [1.165, 1.54) is 7.05 Å². The van der Waals surface area contributed by atoms with Crippen molar-refractivity contribution in [1.82, 2.24) is 15.7 Å². The van der Waals surface area contributed by atoms with Crippen LogP contribution in [-0.2, 0) is 47.6 Å². The van der Waals surface area contributed by atoms with E-state index in [-0.39, 0.29) is 25.5 Å². The van der Waals surface area contributed by atoms with Crippen molar-refractivity contribution in [1.29, 1.82) is 0 Å². The van der Waals surface area contributed by atoms with Gasteiger partial charge in [0.1, 0.15) is 97.6 Å². The molecule has 4 aliphatic heterocycles. The summed E-state index contributed by atoms with van der Waals surface area (Å²) in [5, 5.41) is 133. The average Bonchev–Trinajstić information content (AvgIpc) is 3.21. The highest BCUT2D eigenvalue weighted by Gasteiger charge is 2.56. The summed E-state index contributed by atoms with van der Waals surface area (Å²) < 4.78 is 40.0. The molecule has 59 heavy (non-hydrogen) atoms. The molecule has 0 saturated carbocycles. The number of likely N-dealkylation sites (N-methyl/N-ethyl adjacent to an activating group) is 1. The van der Waals surface area contributed by atoms with Crippen molar-refractivity contribution < 1.29 is 109 Å². The Morgan fingerprint density at radius 1 is 0.627 bits per heavy atom. The number of amides is 2. The molecule has 26 heteroatoms. The van der Waals surface area contributed by atoms with E-state index in [2.05, 4.69) is 23.3 Å². The lowest BCUT2D eigenvalue weighted by Crippen LogP contribution is -2.70. The highest BCUT2D eigenvalue weighted by Crippen LogP contribution is 2.34. The first kappa shape index (κ1) is 50.1. The number of aliphatic hydroxyl groups excluding tert-OH is 12. The van der Waals surface area contributed by atoms with E-state index in [4.69, 9.17) is 38.0 Å². The van der Waals surface area contributed by atoms with Crippen molar-refractivity contribution in [2.75, 3.05) is 52.4 Å². The van der Waals surface area contributed by atoms with Gasteiger partial charge in [0.2, 0.25) is 11.8 Å². The van der Waals surface area contributed by atoms with Gasteiger partial charge in [-0.25, -0.2) is 0 Å². The van der Waals surface area contributed by atoms with E-state index < -0.39 is 155 Å². The molecule has 12 unspecified atom stereocenters. The van der Waals surface area contributed by atoms with Gasteiger partial charge in [-0.3, -0.25) is 14.4 Å². The molecule has 4 heterocycles. The summed E-state index contributed by atoms with van der Waals surface area (Å²) in [5.41, 5.74) is 0. The Morgan fingerprint density at radius 2 is 1.12 bits per heavy atom. The number of nitrogens with one attached hydrogen (secondary N) is 2. The van der Waals surface area contributed by atoms with Crippen LogP contribution in [0.2, 0.25) is 0 Å². The third-order valence-electron chi connectivity index (χ3n) is 10.2. The molecule has 0 radical (unpaired) electrons. The first-order valence-electron chi connectivity index (χ1n) is 19.0. The standard InChI is InChI=1S/C33H59N3O22S/c1-12(41)35-18-29(58-32-25(49)21(45)19(43)13(8-37)54-32)20(44)14(9-38)53-31(18)56-28-16(11-40)55-33(26(50)23(28)47)57-27-15(10-39)52-30(24(48)22(27)46)36(2)51-6-5-34-17(42)4-3-7-59/h13-16,18-33,37-40,43-50,59H,3-11H2,1-2H3,(H,34,42)(H,35,41)/t13?,14?,15?,16?,18?,19-,20-,21?,22?,23?,24?,25?,26?,27+,28-,29?,30+,31-,32-,33-/m0/s1. The maximum atomic E-state index is 12.4. The van der Waals surface area contributed by atoms with E-state index in [1.54, 1.807) is 0 Å². The van der Waals surface area contributed by atoms with Gasteiger partial charge in [-0.05, 0) is 12.2 Å². The van der Waals surface area contributed by atoms with Crippen LogP contribution >= 0.6 is 12.6 Å². The van der Waals surface area contributed by atoms with Crippen LogP contribution < -0.4 is 10.6 Å². The van der Waals surface area contributed by atoms with Crippen LogP contribution in [0.1, 0.15) is 19.8 Å². The number of ether oxygens (including phenoxy) is 7. The predicted octanol–water partition coefficient (Wildman–Crippen LogP) is -8.91. The molecule has 14 N–H and O–H groups in total. The maximum absolute atomic E-state index is 12.4. The van der Waals surface area contributed by atoms with E-state index in [0.717, 1.165) is 12.0 Å². The van der Waals surface area contributed by atoms with E-state index in [1.807, 2.05) is 0 Å². The monoisotopic (exact) mass is 881 g/mol. The van der Waals surface area contributed by atoms with Gasteiger partial charge in [-0.2, -0.15) is 17.7 Å². The Morgan fingerprint density at radius 3 is 1.69 bits per heavy atom. The fourth-order valence-corrected chi connectivity index (χ4v) is 7.19. The number of hydrogen-bond donors (Lipinski definition) is 15. The Labute approximate surface area is 343 Å². The minimum Gasteiger partial charge on any atom is -0.394 e. The molecule has 2 amide bonds. The number of nitrogens with zero attached hydrogens (tertiary/aromatic N) is 1. The van der Waals surface area contributed by atoms with Crippen molar-refractivity contribution in [2.45, 2.75) is 142 Å². The first-order chi connectivity index (χ1) is 28.0. The van der Waals surface area contributed by atoms with Gasteiger partial charge in [0.05, 0.1) is 33.0 Å². The van der Waals surface area contributed by atoms with Gasteiger partial charge in [0.25, 0.3) is 0 Å². The zero-order valence-corrected chi connectivity index (χ0v) is 33.1. The summed E-state index contributed by atoms with van der Waals surface area (Å²) in [6, 6.07) is -1.59. The van der Waals surface area contributed by atoms with Gasteiger partial charge in [-0.1, -0.05) is 0 Å². The average molecular weight is 882 g/mol. The summed E-state index contributed by atoms with van der Waals surface area (Å²) in [6.45, 7) is -2.32. The number of rotatable bonds is 19. The SMILES string of the molecule is CC(=O)NC1C(O[C@@H]2OC(CO)[C@H](O)C(O)C2O)[C@@H](O)C(CO)O[C@H]1O[C@H]1C(CO)O[C@@H](O[C@@H]2C(CO)O[C@@H](N(C)OCCNC(=O)CCCS)C(O)C2O)C(O)C1O. The smallest absolute Gasteiger partial charge is 0.220 e. The zero-order valence-electron chi connectivity index (χ0n) is 32.3. The number of carbonyl (C=O) groups excluding carboxylic acids is 2. The molecule has 4 rings (SSSR count).